The van der Waals surface area contributed by atoms with E-state index in [1.807, 2.05) is 0 Å². The Labute approximate surface area is 122 Å². The summed E-state index contributed by atoms with van der Waals surface area (Å²) in [5, 5.41) is 16.4. The van der Waals surface area contributed by atoms with Crippen molar-refractivity contribution in [3.63, 3.8) is 0 Å². The second-order valence-corrected chi connectivity index (χ2v) is 2.65. The number of phosphoric acid groups is 1. The molecule has 0 amide bonds. The van der Waals surface area contributed by atoms with Gasteiger partial charge in [0.1, 0.15) is 6.10 Å². The van der Waals surface area contributed by atoms with Gasteiger partial charge >= 0.3 is 59.1 Å². The SMILES string of the molecule is C.O=P([O-])([O-])OC(CO)CO.[Na+].[Na+]. The van der Waals surface area contributed by atoms with Crippen LogP contribution < -0.4 is 68.9 Å². The molecule has 0 saturated carbocycles. The maximum Gasteiger partial charge on any atom is 1.00 e. The third-order valence-electron chi connectivity index (χ3n) is 0.685. The third kappa shape index (κ3) is 16.7. The van der Waals surface area contributed by atoms with Crippen LogP contribution in [-0.4, -0.2) is 29.5 Å². The molecule has 9 heteroatoms. The number of rotatable bonds is 4. The molecule has 70 valence electrons. The molecule has 0 aliphatic heterocycles. The Hall–Kier alpha value is 2.03. The van der Waals surface area contributed by atoms with Crippen molar-refractivity contribution in [2.45, 2.75) is 13.5 Å². The summed E-state index contributed by atoms with van der Waals surface area (Å²) < 4.78 is 13.5. The first-order valence-corrected chi connectivity index (χ1v) is 3.88. The fourth-order valence-corrected chi connectivity index (χ4v) is 0.805. The van der Waals surface area contributed by atoms with Crippen molar-refractivity contribution >= 4 is 7.82 Å². The van der Waals surface area contributed by atoms with Crippen molar-refractivity contribution in [1.29, 1.82) is 0 Å². The molecule has 0 fully saturated rings. The van der Waals surface area contributed by atoms with Crippen LogP contribution in [0.2, 0.25) is 0 Å². The van der Waals surface area contributed by atoms with Crippen LogP contribution in [0.25, 0.3) is 0 Å². The maximum absolute atomic E-state index is 9.79. The van der Waals surface area contributed by atoms with Crippen LogP contribution in [0.4, 0.5) is 0 Å². The van der Waals surface area contributed by atoms with E-state index < -0.39 is 27.1 Å². The molecule has 6 nitrogen and oxygen atoms in total. The minimum Gasteiger partial charge on any atom is -0.790 e. The van der Waals surface area contributed by atoms with E-state index in [1.165, 1.54) is 0 Å². The van der Waals surface area contributed by atoms with Gasteiger partial charge in [0.2, 0.25) is 0 Å². The van der Waals surface area contributed by atoms with Gasteiger partial charge in [0.05, 0.1) is 21.0 Å². The van der Waals surface area contributed by atoms with Crippen molar-refractivity contribution < 1.29 is 88.2 Å². The van der Waals surface area contributed by atoms with E-state index in [4.69, 9.17) is 10.2 Å². The Kier molecular flexibility index (Phi) is 22.6. The molecule has 0 aromatic rings. The topological polar surface area (TPSA) is 113 Å². The summed E-state index contributed by atoms with van der Waals surface area (Å²) in [6.45, 7) is -1.41. The molecule has 0 unspecified atom stereocenters. The zero-order valence-electron chi connectivity index (χ0n) is 6.97. The zero-order valence-corrected chi connectivity index (χ0v) is 11.9. The Morgan fingerprint density at radius 3 is 1.62 bits per heavy atom. The molecule has 13 heavy (non-hydrogen) atoms. The number of phosphoric ester groups is 1. The largest absolute Gasteiger partial charge is 1.00 e. The molecule has 0 radical (unpaired) electrons. The molecule has 0 aliphatic carbocycles. The number of hydrogen-bond donors (Lipinski definition) is 2. The molecule has 0 aliphatic rings. The molecule has 0 bridgehead atoms. The van der Waals surface area contributed by atoms with Crippen molar-refractivity contribution in [2.75, 3.05) is 13.2 Å². The average Bonchev–Trinajstić information content (AvgIpc) is 1.81. The van der Waals surface area contributed by atoms with Crippen molar-refractivity contribution in [1.82, 2.24) is 0 Å². The first-order valence-electron chi connectivity index (χ1n) is 2.41. The fourth-order valence-electron chi connectivity index (χ4n) is 0.307. The second-order valence-electron chi connectivity index (χ2n) is 1.54. The van der Waals surface area contributed by atoms with Crippen molar-refractivity contribution in [2.24, 2.45) is 0 Å². The molecule has 0 atom stereocenters. The normalized spacial score (nSPS) is 9.62. The number of hydrogen-bond acceptors (Lipinski definition) is 6. The van der Waals surface area contributed by atoms with E-state index in [9.17, 15) is 14.4 Å². The summed E-state index contributed by atoms with van der Waals surface area (Å²) in [4.78, 5) is 19.6. The Morgan fingerprint density at radius 1 is 1.23 bits per heavy atom. The molecule has 2 N–H and O–H groups in total. The molecule has 0 aromatic heterocycles. The van der Waals surface area contributed by atoms with E-state index in [1.54, 1.807) is 0 Å². The maximum atomic E-state index is 9.79. The van der Waals surface area contributed by atoms with E-state index in [0.717, 1.165) is 0 Å². The quantitative estimate of drug-likeness (QED) is 0.367. The molecular formula is C4H11Na2O6P. The van der Waals surface area contributed by atoms with Crippen LogP contribution in [-0.2, 0) is 9.09 Å². The number of aliphatic hydroxyl groups excluding tert-OH is 2. The van der Waals surface area contributed by atoms with Gasteiger partial charge < -0.3 is 29.1 Å². The summed E-state index contributed by atoms with van der Waals surface area (Å²) in [5.74, 6) is 0. The van der Waals surface area contributed by atoms with Gasteiger partial charge in [0.15, 0.2) is 0 Å². The predicted molar refractivity (Wildman–Crippen MR) is 33.4 cm³/mol. The van der Waals surface area contributed by atoms with Crippen LogP contribution in [0, 0.1) is 0 Å². The van der Waals surface area contributed by atoms with Gasteiger partial charge in [-0.15, -0.1) is 0 Å². The second kappa shape index (κ2) is 12.1. The van der Waals surface area contributed by atoms with E-state index in [-0.39, 0.29) is 66.5 Å². The summed E-state index contributed by atoms with van der Waals surface area (Å²) in [7, 11) is -5.07. The summed E-state index contributed by atoms with van der Waals surface area (Å²) in [6, 6.07) is 0. The molecule has 0 aromatic carbocycles. The van der Waals surface area contributed by atoms with Gasteiger partial charge in [-0.1, -0.05) is 7.43 Å². The molecular weight excluding hydrogens is 221 g/mol. The van der Waals surface area contributed by atoms with Gasteiger partial charge in [0, 0.05) is 0 Å². The molecule has 0 saturated heterocycles. The minimum absolute atomic E-state index is 0. The van der Waals surface area contributed by atoms with E-state index in [0.29, 0.717) is 0 Å². The summed E-state index contributed by atoms with van der Waals surface area (Å²) in [5.41, 5.74) is 0. The van der Waals surface area contributed by atoms with Gasteiger partial charge in [-0.3, -0.25) is 0 Å². The van der Waals surface area contributed by atoms with E-state index >= 15 is 0 Å². The molecule has 0 heterocycles. The van der Waals surface area contributed by atoms with Crippen LogP contribution in [0.15, 0.2) is 0 Å². The minimum atomic E-state index is -5.07. The average molecular weight is 232 g/mol. The summed E-state index contributed by atoms with van der Waals surface area (Å²) >= 11 is 0. The van der Waals surface area contributed by atoms with Gasteiger partial charge in [-0.25, -0.2) is 0 Å². The standard InChI is InChI=1S/C3H9O6P.CH4.2Na/c4-1-3(2-5)9-10(6,7)8;;;/h3-5H,1-2H2,(H2,6,7,8);1H4;;/q;;2*+1/p-2. The first-order chi connectivity index (χ1) is 4.49. The Bertz CT molecular complexity index is 135. The van der Waals surface area contributed by atoms with Crippen LogP contribution >= 0.6 is 7.82 Å². The molecule has 0 rings (SSSR count). The number of aliphatic hydroxyl groups is 2. The van der Waals surface area contributed by atoms with Crippen LogP contribution in [0.5, 0.6) is 0 Å². The Morgan fingerprint density at radius 2 is 1.54 bits per heavy atom. The molecule has 0 spiro atoms. The first kappa shape index (κ1) is 24.3. The smallest absolute Gasteiger partial charge is 0.790 e. The van der Waals surface area contributed by atoms with Crippen LogP contribution in [0.1, 0.15) is 7.43 Å². The third-order valence-corrected chi connectivity index (χ3v) is 1.24. The Balaban J connectivity index is -0.000000135. The van der Waals surface area contributed by atoms with Crippen molar-refractivity contribution in [3.05, 3.63) is 0 Å². The van der Waals surface area contributed by atoms with Gasteiger partial charge in [-0.2, -0.15) is 0 Å². The monoisotopic (exact) mass is 232 g/mol. The summed E-state index contributed by atoms with van der Waals surface area (Å²) in [6.07, 6.45) is -1.33. The van der Waals surface area contributed by atoms with E-state index in [2.05, 4.69) is 4.52 Å². The van der Waals surface area contributed by atoms with Gasteiger partial charge in [-0.05, 0) is 0 Å². The van der Waals surface area contributed by atoms with Crippen molar-refractivity contribution in [3.8, 4) is 0 Å². The zero-order chi connectivity index (χ0) is 8.20. The van der Waals surface area contributed by atoms with Crippen LogP contribution in [0.3, 0.4) is 0 Å². The van der Waals surface area contributed by atoms with Gasteiger partial charge in [0.25, 0.3) is 0 Å². The fraction of sp³-hybridized carbons (Fsp3) is 1.00. The predicted octanol–water partition coefficient (Wildman–Crippen LogP) is -8.17.